The topological polar surface area (TPSA) is 102 Å². The highest BCUT2D eigenvalue weighted by Gasteiger charge is 2.21. The molecule has 1 aliphatic heterocycles. The monoisotopic (exact) mass is 417 g/mol. The van der Waals surface area contributed by atoms with E-state index in [1.165, 1.54) is 0 Å². The Balaban J connectivity index is 1.63. The van der Waals surface area contributed by atoms with Gasteiger partial charge in [-0.05, 0) is 37.3 Å². The molecule has 158 valence electrons. The highest BCUT2D eigenvalue weighted by atomic mass is 16.5. The molecule has 0 aliphatic carbocycles. The summed E-state index contributed by atoms with van der Waals surface area (Å²) in [5.74, 6) is 1.39. The highest BCUT2D eigenvalue weighted by molar-refractivity contribution is 5.69. The van der Waals surface area contributed by atoms with E-state index in [1.807, 2.05) is 25.1 Å². The second kappa shape index (κ2) is 9.41. The molecule has 8 nitrogen and oxygen atoms in total. The van der Waals surface area contributed by atoms with E-state index in [-0.39, 0.29) is 6.10 Å². The molecule has 1 N–H and O–H groups in total. The summed E-state index contributed by atoms with van der Waals surface area (Å²) in [6.07, 6.45) is 4.95. The first-order valence-electron chi connectivity index (χ1n) is 10.1. The van der Waals surface area contributed by atoms with E-state index in [0.717, 1.165) is 29.8 Å². The average molecular weight is 417 g/mol. The Hall–Kier alpha value is -3.70. The van der Waals surface area contributed by atoms with Crippen molar-refractivity contribution < 1.29 is 14.2 Å². The summed E-state index contributed by atoms with van der Waals surface area (Å²) in [5.41, 5.74) is 3.51. The van der Waals surface area contributed by atoms with Gasteiger partial charge in [0.1, 0.15) is 12.2 Å². The number of hydrogen-bond donors (Lipinski definition) is 1. The zero-order chi connectivity index (χ0) is 21.6. The summed E-state index contributed by atoms with van der Waals surface area (Å²) < 4.78 is 17.1. The van der Waals surface area contributed by atoms with Gasteiger partial charge in [0, 0.05) is 30.3 Å². The molecule has 0 saturated carbocycles. The van der Waals surface area contributed by atoms with Crippen LogP contribution in [0.2, 0.25) is 0 Å². The maximum atomic E-state index is 9.75. The molecule has 4 rings (SSSR count). The van der Waals surface area contributed by atoms with Gasteiger partial charge in [-0.15, -0.1) is 0 Å². The van der Waals surface area contributed by atoms with Crippen LogP contribution >= 0.6 is 0 Å². The van der Waals surface area contributed by atoms with Gasteiger partial charge in [0.15, 0.2) is 11.5 Å². The lowest BCUT2D eigenvalue weighted by atomic mass is 10.1. The number of methoxy groups -OCH3 is 1. The number of rotatable bonds is 6. The molecular weight excluding hydrogens is 394 g/mol. The number of benzene rings is 1. The second-order valence-corrected chi connectivity index (χ2v) is 7.18. The Labute approximate surface area is 180 Å². The van der Waals surface area contributed by atoms with Crippen molar-refractivity contribution >= 4 is 11.6 Å². The van der Waals surface area contributed by atoms with Crippen LogP contribution < -0.4 is 14.8 Å². The number of aromatic nitrogens is 3. The molecule has 3 heterocycles. The van der Waals surface area contributed by atoms with Crippen molar-refractivity contribution in [2.45, 2.75) is 25.9 Å². The molecule has 3 aromatic rings. The number of ether oxygens (including phenoxy) is 3. The number of pyridine rings is 1. The standard InChI is InChI=1S/C23H23N5O3/c1-15-3-4-18(14-26-15)27-23-25-8-5-20(28-23)16-11-17(13-24)22(21(12-16)29-2)31-19-6-9-30-10-7-19/h3-5,8,11-12,14,19H,6-7,9-10H2,1-2H3,(H,25,27,28). The Kier molecular flexibility index (Phi) is 6.24. The molecule has 8 heteroatoms. The van der Waals surface area contributed by atoms with Crippen molar-refractivity contribution in [3.05, 3.63) is 54.0 Å². The van der Waals surface area contributed by atoms with E-state index in [2.05, 4.69) is 26.3 Å². The first kappa shape index (κ1) is 20.6. The van der Waals surface area contributed by atoms with Gasteiger partial charge in [0.05, 0.1) is 43.5 Å². The SMILES string of the molecule is COc1cc(-c2ccnc(Nc3ccc(C)nc3)n2)cc(C#N)c1OC1CCOCC1. The van der Waals surface area contributed by atoms with E-state index in [4.69, 9.17) is 14.2 Å². The van der Waals surface area contributed by atoms with Crippen molar-refractivity contribution in [1.82, 2.24) is 15.0 Å². The van der Waals surface area contributed by atoms with Crippen LogP contribution in [0.4, 0.5) is 11.6 Å². The van der Waals surface area contributed by atoms with Crippen LogP contribution in [-0.4, -0.2) is 41.4 Å². The van der Waals surface area contributed by atoms with Gasteiger partial charge in [-0.3, -0.25) is 4.98 Å². The highest BCUT2D eigenvalue weighted by Crippen LogP contribution is 2.37. The first-order valence-corrected chi connectivity index (χ1v) is 10.1. The number of nitriles is 1. The van der Waals surface area contributed by atoms with Crippen LogP contribution in [-0.2, 0) is 4.74 Å². The zero-order valence-electron chi connectivity index (χ0n) is 17.5. The van der Waals surface area contributed by atoms with Crippen LogP contribution in [0.5, 0.6) is 11.5 Å². The van der Waals surface area contributed by atoms with Crippen LogP contribution in [0, 0.1) is 18.3 Å². The van der Waals surface area contributed by atoms with E-state index in [9.17, 15) is 5.26 Å². The molecule has 1 aromatic carbocycles. The van der Waals surface area contributed by atoms with Gasteiger partial charge in [0.25, 0.3) is 0 Å². The Morgan fingerprint density at radius 1 is 1.16 bits per heavy atom. The predicted molar refractivity (Wildman–Crippen MR) is 115 cm³/mol. The Morgan fingerprint density at radius 3 is 2.71 bits per heavy atom. The van der Waals surface area contributed by atoms with Gasteiger partial charge in [0.2, 0.25) is 5.95 Å². The lowest BCUT2D eigenvalue weighted by molar-refractivity contribution is 0.0244. The van der Waals surface area contributed by atoms with Gasteiger partial charge in [-0.1, -0.05) is 0 Å². The largest absolute Gasteiger partial charge is 0.493 e. The van der Waals surface area contributed by atoms with Crippen molar-refractivity contribution in [2.75, 3.05) is 25.6 Å². The molecule has 0 atom stereocenters. The molecule has 31 heavy (non-hydrogen) atoms. The minimum absolute atomic E-state index is 0.00132. The van der Waals surface area contributed by atoms with Gasteiger partial charge >= 0.3 is 0 Å². The first-order chi connectivity index (χ1) is 15.2. The molecule has 1 aliphatic rings. The lowest BCUT2D eigenvalue weighted by Gasteiger charge is -2.25. The van der Waals surface area contributed by atoms with E-state index in [1.54, 1.807) is 31.6 Å². The van der Waals surface area contributed by atoms with Gasteiger partial charge < -0.3 is 19.5 Å². The molecule has 0 bridgehead atoms. The third-order valence-corrected chi connectivity index (χ3v) is 4.97. The number of nitrogens with one attached hydrogen (secondary N) is 1. The van der Waals surface area contributed by atoms with Crippen LogP contribution in [0.3, 0.4) is 0 Å². The van der Waals surface area contributed by atoms with Crippen LogP contribution in [0.15, 0.2) is 42.7 Å². The number of anilines is 2. The zero-order valence-corrected chi connectivity index (χ0v) is 17.5. The van der Waals surface area contributed by atoms with Crippen LogP contribution in [0.1, 0.15) is 24.1 Å². The molecular formula is C23H23N5O3. The normalized spacial score (nSPS) is 14.0. The molecule has 1 fully saturated rings. The van der Waals surface area contributed by atoms with Crippen molar-refractivity contribution in [3.8, 4) is 28.8 Å². The van der Waals surface area contributed by atoms with E-state index < -0.39 is 0 Å². The molecule has 0 amide bonds. The summed E-state index contributed by atoms with van der Waals surface area (Å²) in [6.45, 7) is 3.23. The fraction of sp³-hybridized carbons (Fsp3) is 0.304. The molecule has 0 radical (unpaired) electrons. The van der Waals surface area contributed by atoms with Gasteiger partial charge in [-0.2, -0.15) is 5.26 Å². The third-order valence-electron chi connectivity index (χ3n) is 4.97. The molecule has 2 aromatic heterocycles. The lowest BCUT2D eigenvalue weighted by Crippen LogP contribution is -2.26. The van der Waals surface area contributed by atoms with E-state index in [0.29, 0.717) is 41.9 Å². The third kappa shape index (κ3) is 4.90. The smallest absolute Gasteiger partial charge is 0.227 e. The summed E-state index contributed by atoms with van der Waals surface area (Å²) in [6, 6.07) is 11.4. The number of hydrogen-bond acceptors (Lipinski definition) is 8. The minimum Gasteiger partial charge on any atom is -0.493 e. The van der Waals surface area contributed by atoms with Gasteiger partial charge in [-0.25, -0.2) is 9.97 Å². The second-order valence-electron chi connectivity index (χ2n) is 7.18. The summed E-state index contributed by atoms with van der Waals surface area (Å²) in [5, 5.41) is 12.9. The maximum Gasteiger partial charge on any atom is 0.227 e. The Morgan fingerprint density at radius 2 is 2.00 bits per heavy atom. The van der Waals surface area contributed by atoms with Crippen LogP contribution in [0.25, 0.3) is 11.3 Å². The fourth-order valence-electron chi connectivity index (χ4n) is 3.32. The average Bonchev–Trinajstić information content (AvgIpc) is 2.81. The maximum absolute atomic E-state index is 9.75. The Bertz CT molecular complexity index is 1090. The quantitative estimate of drug-likeness (QED) is 0.641. The van der Waals surface area contributed by atoms with E-state index >= 15 is 0 Å². The minimum atomic E-state index is -0.00132. The molecule has 0 spiro atoms. The van der Waals surface area contributed by atoms with Crippen molar-refractivity contribution in [3.63, 3.8) is 0 Å². The predicted octanol–water partition coefficient (Wildman–Crippen LogP) is 4.03. The summed E-state index contributed by atoms with van der Waals surface area (Å²) >= 11 is 0. The van der Waals surface area contributed by atoms with Crippen molar-refractivity contribution in [2.24, 2.45) is 0 Å². The summed E-state index contributed by atoms with van der Waals surface area (Å²) in [4.78, 5) is 13.1. The van der Waals surface area contributed by atoms with Crippen molar-refractivity contribution in [1.29, 1.82) is 5.26 Å². The molecule has 1 saturated heterocycles. The number of aryl methyl sites for hydroxylation is 1. The fourth-order valence-corrected chi connectivity index (χ4v) is 3.32. The summed E-state index contributed by atoms with van der Waals surface area (Å²) in [7, 11) is 1.56. The molecule has 0 unspecified atom stereocenters. The number of nitrogens with zero attached hydrogens (tertiary/aromatic N) is 4.